The highest BCUT2D eigenvalue weighted by Crippen LogP contribution is 2.38. The molecule has 0 heterocycles. The molecule has 0 N–H and O–H groups in total. The second-order valence-corrected chi connectivity index (χ2v) is 12.3. The molecule has 0 aromatic heterocycles. The van der Waals surface area contributed by atoms with E-state index in [9.17, 15) is 0 Å². The third-order valence-corrected chi connectivity index (χ3v) is 9.11. The molecule has 2 atom stereocenters. The minimum absolute atomic E-state index is 0.0714. The van der Waals surface area contributed by atoms with Gasteiger partial charge in [0.25, 0.3) is 0 Å². The molecule has 0 spiro atoms. The van der Waals surface area contributed by atoms with Gasteiger partial charge in [0, 0.05) is 5.92 Å². The zero-order valence-corrected chi connectivity index (χ0v) is 16.1. The summed E-state index contributed by atoms with van der Waals surface area (Å²) in [6.45, 7) is 18.7. The summed E-state index contributed by atoms with van der Waals surface area (Å²) in [5, 5.41) is 0.200. The zero-order chi connectivity index (χ0) is 16.8. The van der Waals surface area contributed by atoms with Crippen LogP contribution in [0.2, 0.25) is 18.1 Å². The van der Waals surface area contributed by atoms with Crippen LogP contribution >= 0.6 is 0 Å². The molecule has 0 amide bonds. The van der Waals surface area contributed by atoms with Gasteiger partial charge in [0.05, 0.1) is 19.3 Å². The fourth-order valence-electron chi connectivity index (χ4n) is 1.87. The van der Waals surface area contributed by atoms with Crippen LogP contribution in [0.3, 0.4) is 0 Å². The van der Waals surface area contributed by atoms with Crippen molar-refractivity contribution in [3.63, 3.8) is 0 Å². The Bertz CT molecular complexity index is 448. The fourth-order valence-corrected chi connectivity index (χ4v) is 3.26. The molecule has 0 saturated carbocycles. The van der Waals surface area contributed by atoms with Crippen molar-refractivity contribution < 1.29 is 9.16 Å². The molecule has 0 aliphatic rings. The molecule has 0 fully saturated rings. The molecule has 2 nitrogen and oxygen atoms in total. The highest BCUT2D eigenvalue weighted by atomic mass is 28.4. The van der Waals surface area contributed by atoms with Gasteiger partial charge in [0.15, 0.2) is 8.32 Å². The summed E-state index contributed by atoms with van der Waals surface area (Å²) >= 11 is 0. The maximum Gasteiger partial charge on any atom is 0.192 e. The van der Waals surface area contributed by atoms with Gasteiger partial charge in [-0.15, -0.1) is 6.58 Å². The van der Waals surface area contributed by atoms with Gasteiger partial charge in [0.1, 0.15) is 0 Å². The van der Waals surface area contributed by atoms with Crippen molar-refractivity contribution in [2.24, 2.45) is 5.92 Å². The lowest BCUT2D eigenvalue weighted by Crippen LogP contribution is -2.46. The Morgan fingerprint density at radius 2 is 1.77 bits per heavy atom. The first-order chi connectivity index (χ1) is 10.2. The topological polar surface area (TPSA) is 18.5 Å². The molecule has 3 heteroatoms. The Labute approximate surface area is 137 Å². The fraction of sp³-hybridized carbons (Fsp3) is 0.579. The number of rotatable bonds is 8. The van der Waals surface area contributed by atoms with Crippen LogP contribution in [0.25, 0.3) is 0 Å². The van der Waals surface area contributed by atoms with Crippen molar-refractivity contribution in [2.75, 3.05) is 6.61 Å². The third kappa shape index (κ3) is 5.71. The van der Waals surface area contributed by atoms with Crippen LogP contribution in [0.1, 0.15) is 33.3 Å². The average molecular weight is 321 g/mol. The Kier molecular flexibility index (Phi) is 7.04. The molecule has 0 aliphatic carbocycles. The molecule has 0 radical (unpaired) electrons. The molecular weight excluding hydrogens is 288 g/mol. The number of hydrogen-bond acceptors (Lipinski definition) is 2. The summed E-state index contributed by atoms with van der Waals surface area (Å²) in [5.74, 6) is 0.282. The average Bonchev–Trinajstić information content (AvgIpc) is 2.45. The largest absolute Gasteiger partial charge is 0.411 e. The number of benzene rings is 1. The Hall–Kier alpha value is -0.903. The van der Waals surface area contributed by atoms with Crippen LogP contribution in [0, 0.1) is 5.92 Å². The van der Waals surface area contributed by atoms with Crippen molar-refractivity contribution in [3.05, 3.63) is 48.6 Å². The first kappa shape index (κ1) is 19.1. The summed E-state index contributed by atoms with van der Waals surface area (Å²) in [5.41, 5.74) is 1.19. The molecule has 0 unspecified atom stereocenters. The van der Waals surface area contributed by atoms with E-state index in [0.29, 0.717) is 13.2 Å². The van der Waals surface area contributed by atoms with Gasteiger partial charge in [-0.25, -0.2) is 0 Å². The Morgan fingerprint density at radius 3 is 2.27 bits per heavy atom. The Morgan fingerprint density at radius 1 is 1.18 bits per heavy atom. The quantitative estimate of drug-likeness (QED) is 0.470. The second-order valence-electron chi connectivity index (χ2n) is 7.51. The molecule has 0 aliphatic heterocycles. The van der Waals surface area contributed by atoms with Gasteiger partial charge in [-0.3, -0.25) is 0 Å². The maximum absolute atomic E-state index is 6.54. The predicted octanol–water partition coefficient (Wildman–Crippen LogP) is 5.42. The lowest BCUT2D eigenvalue weighted by Gasteiger charge is -2.40. The molecule has 0 saturated heterocycles. The zero-order valence-electron chi connectivity index (χ0n) is 15.1. The summed E-state index contributed by atoms with van der Waals surface area (Å²) in [6.07, 6.45) is 2.03. The lowest BCUT2D eigenvalue weighted by molar-refractivity contribution is 0.0184. The molecule has 0 bridgehead atoms. The van der Waals surface area contributed by atoms with Crippen molar-refractivity contribution in [2.45, 2.75) is 58.5 Å². The van der Waals surface area contributed by atoms with Gasteiger partial charge in [-0.05, 0) is 23.7 Å². The van der Waals surface area contributed by atoms with Gasteiger partial charge in [-0.2, -0.15) is 0 Å². The van der Waals surface area contributed by atoms with Gasteiger partial charge >= 0.3 is 0 Å². The monoisotopic (exact) mass is 320 g/mol. The first-order valence-electron chi connectivity index (χ1n) is 8.09. The van der Waals surface area contributed by atoms with Crippen LogP contribution in [-0.2, 0) is 15.8 Å². The van der Waals surface area contributed by atoms with Gasteiger partial charge in [-0.1, -0.05) is 64.1 Å². The summed E-state index contributed by atoms with van der Waals surface area (Å²) in [7, 11) is -1.80. The van der Waals surface area contributed by atoms with E-state index in [1.807, 2.05) is 24.3 Å². The summed E-state index contributed by atoms with van der Waals surface area (Å²) in [4.78, 5) is 0. The minimum atomic E-state index is -1.80. The van der Waals surface area contributed by atoms with Crippen LogP contribution in [0.15, 0.2) is 43.0 Å². The molecule has 1 aromatic rings. The van der Waals surface area contributed by atoms with E-state index < -0.39 is 8.32 Å². The second kappa shape index (κ2) is 8.09. The molecule has 22 heavy (non-hydrogen) atoms. The predicted molar refractivity (Wildman–Crippen MR) is 97.5 cm³/mol. The molecule has 1 rings (SSSR count). The number of hydrogen-bond donors (Lipinski definition) is 0. The van der Waals surface area contributed by atoms with Crippen molar-refractivity contribution >= 4 is 8.32 Å². The van der Waals surface area contributed by atoms with Crippen LogP contribution in [0.5, 0.6) is 0 Å². The maximum atomic E-state index is 6.54. The van der Waals surface area contributed by atoms with Gasteiger partial charge in [0.2, 0.25) is 0 Å². The van der Waals surface area contributed by atoms with Crippen LogP contribution in [0.4, 0.5) is 0 Å². The van der Waals surface area contributed by atoms with Crippen LogP contribution in [-0.4, -0.2) is 21.0 Å². The highest BCUT2D eigenvalue weighted by molar-refractivity contribution is 6.74. The molecular formula is C19H32O2Si. The van der Waals surface area contributed by atoms with E-state index in [1.165, 1.54) is 5.56 Å². The van der Waals surface area contributed by atoms with E-state index in [4.69, 9.17) is 9.16 Å². The van der Waals surface area contributed by atoms with Crippen molar-refractivity contribution in [3.8, 4) is 0 Å². The van der Waals surface area contributed by atoms with Gasteiger partial charge < -0.3 is 9.16 Å². The van der Waals surface area contributed by atoms with E-state index in [2.05, 4.69) is 59.5 Å². The summed E-state index contributed by atoms with van der Waals surface area (Å²) < 4.78 is 12.4. The van der Waals surface area contributed by atoms with E-state index in [-0.39, 0.29) is 17.1 Å². The van der Waals surface area contributed by atoms with E-state index >= 15 is 0 Å². The SMILES string of the molecule is C=C[C@@H](C)[C@H](COCc1ccccc1)O[Si](C)(C)C(C)(C)C. The van der Waals surface area contributed by atoms with Crippen molar-refractivity contribution in [1.29, 1.82) is 0 Å². The van der Waals surface area contributed by atoms with Crippen molar-refractivity contribution in [1.82, 2.24) is 0 Å². The number of ether oxygens (including phenoxy) is 1. The normalized spacial score (nSPS) is 15.4. The third-order valence-electron chi connectivity index (χ3n) is 4.60. The van der Waals surface area contributed by atoms with E-state index in [1.54, 1.807) is 0 Å². The lowest BCUT2D eigenvalue weighted by atomic mass is 10.1. The van der Waals surface area contributed by atoms with Crippen LogP contribution < -0.4 is 0 Å². The first-order valence-corrected chi connectivity index (χ1v) is 11.0. The summed E-state index contributed by atoms with van der Waals surface area (Å²) in [6, 6.07) is 10.3. The smallest absolute Gasteiger partial charge is 0.192 e. The molecule has 1 aromatic carbocycles. The standard InChI is InChI=1S/C19H32O2Si/c1-8-16(2)18(21-22(6,7)19(3,4)5)15-20-14-17-12-10-9-11-13-17/h8-13,16,18H,1,14-15H2,2-7H3/t16-,18+/m1/s1. The Balaban J connectivity index is 2.64. The highest BCUT2D eigenvalue weighted by Gasteiger charge is 2.39. The van der Waals surface area contributed by atoms with E-state index in [0.717, 1.165) is 0 Å². The minimum Gasteiger partial charge on any atom is -0.411 e. The molecule has 124 valence electrons.